The largest absolute Gasteiger partial charge is 0.323 e. The Morgan fingerprint density at radius 1 is 1.47 bits per heavy atom. The minimum Gasteiger partial charge on any atom is -0.323 e. The molecule has 1 heterocycles. The molecular formula is C12H23N3. The molecule has 2 unspecified atom stereocenters. The maximum absolute atomic E-state index is 6.13. The van der Waals surface area contributed by atoms with Crippen molar-refractivity contribution in [1.82, 2.24) is 9.78 Å². The van der Waals surface area contributed by atoms with Gasteiger partial charge in [0.1, 0.15) is 0 Å². The van der Waals surface area contributed by atoms with Crippen LogP contribution in [-0.2, 0) is 7.05 Å². The monoisotopic (exact) mass is 209 g/mol. The normalized spacial score (nSPS) is 16.4. The lowest BCUT2D eigenvalue weighted by atomic mass is 9.78. The van der Waals surface area contributed by atoms with Crippen molar-refractivity contribution in [2.75, 3.05) is 0 Å². The molecule has 0 bridgehead atoms. The summed E-state index contributed by atoms with van der Waals surface area (Å²) < 4.78 is 1.80. The van der Waals surface area contributed by atoms with Crippen molar-refractivity contribution in [3.05, 3.63) is 18.0 Å². The number of nitrogens with zero attached hydrogens (tertiary/aromatic N) is 2. The highest BCUT2D eigenvalue weighted by atomic mass is 15.3. The van der Waals surface area contributed by atoms with Gasteiger partial charge in [-0.2, -0.15) is 5.10 Å². The second-order valence-corrected chi connectivity index (χ2v) is 5.52. The molecule has 3 heteroatoms. The average molecular weight is 209 g/mol. The molecule has 0 fully saturated rings. The number of rotatable bonds is 3. The van der Waals surface area contributed by atoms with E-state index in [1.807, 2.05) is 19.3 Å². The lowest BCUT2D eigenvalue weighted by Gasteiger charge is -2.29. The summed E-state index contributed by atoms with van der Waals surface area (Å²) in [6.45, 7) is 9.01. The Labute approximate surface area is 92.7 Å². The van der Waals surface area contributed by atoms with Gasteiger partial charge >= 0.3 is 0 Å². The molecule has 1 aromatic rings. The van der Waals surface area contributed by atoms with Gasteiger partial charge in [0.15, 0.2) is 0 Å². The number of nitrogens with two attached hydrogens (primary N) is 1. The Kier molecular flexibility index (Phi) is 3.55. The first-order chi connectivity index (χ1) is 6.80. The molecule has 3 nitrogen and oxygen atoms in total. The van der Waals surface area contributed by atoms with E-state index in [4.69, 9.17) is 5.73 Å². The molecule has 0 spiro atoms. The van der Waals surface area contributed by atoms with E-state index in [1.54, 1.807) is 4.68 Å². The van der Waals surface area contributed by atoms with Crippen LogP contribution in [0.1, 0.15) is 45.9 Å². The van der Waals surface area contributed by atoms with Gasteiger partial charge in [-0.3, -0.25) is 4.68 Å². The summed E-state index contributed by atoms with van der Waals surface area (Å²) in [5.74, 6) is 0.592. The summed E-state index contributed by atoms with van der Waals surface area (Å²) in [6, 6.07) is 2.06. The Hall–Kier alpha value is -0.830. The van der Waals surface area contributed by atoms with Crippen LogP contribution in [0.4, 0.5) is 0 Å². The second kappa shape index (κ2) is 4.35. The summed E-state index contributed by atoms with van der Waals surface area (Å²) in [5.41, 5.74) is 7.44. The van der Waals surface area contributed by atoms with E-state index >= 15 is 0 Å². The quantitative estimate of drug-likeness (QED) is 0.831. The van der Waals surface area contributed by atoms with Gasteiger partial charge in [-0.1, -0.05) is 27.7 Å². The minimum atomic E-state index is 0.0559. The predicted molar refractivity (Wildman–Crippen MR) is 63.4 cm³/mol. The van der Waals surface area contributed by atoms with Gasteiger partial charge in [0.05, 0.1) is 5.69 Å². The van der Waals surface area contributed by atoms with Crippen LogP contribution < -0.4 is 5.73 Å². The highest BCUT2D eigenvalue weighted by Gasteiger charge is 2.23. The smallest absolute Gasteiger partial charge is 0.0791 e. The summed E-state index contributed by atoms with van der Waals surface area (Å²) in [4.78, 5) is 0. The van der Waals surface area contributed by atoms with Gasteiger partial charge in [-0.25, -0.2) is 0 Å². The SMILES string of the molecule is CC(CC(N)c1ccn(C)n1)C(C)(C)C. The zero-order valence-electron chi connectivity index (χ0n) is 10.5. The molecule has 0 radical (unpaired) electrons. The van der Waals surface area contributed by atoms with Crippen molar-refractivity contribution in [3.8, 4) is 0 Å². The fraction of sp³-hybridized carbons (Fsp3) is 0.750. The lowest BCUT2D eigenvalue weighted by Crippen LogP contribution is -2.23. The topological polar surface area (TPSA) is 43.8 Å². The summed E-state index contributed by atoms with van der Waals surface area (Å²) in [7, 11) is 1.92. The van der Waals surface area contributed by atoms with Crippen LogP contribution in [0.5, 0.6) is 0 Å². The molecule has 15 heavy (non-hydrogen) atoms. The first-order valence-electron chi connectivity index (χ1n) is 5.56. The predicted octanol–water partition coefficient (Wildman–Crippen LogP) is 2.49. The van der Waals surface area contributed by atoms with Gasteiger partial charge < -0.3 is 5.73 Å². The lowest BCUT2D eigenvalue weighted by molar-refractivity contribution is 0.232. The van der Waals surface area contributed by atoms with Gasteiger partial charge in [-0.05, 0) is 23.8 Å². The number of aryl methyl sites for hydroxylation is 1. The van der Waals surface area contributed by atoms with Crippen LogP contribution in [0.15, 0.2) is 12.3 Å². The molecular weight excluding hydrogens is 186 g/mol. The first kappa shape index (κ1) is 12.2. The number of hydrogen-bond acceptors (Lipinski definition) is 2. The van der Waals surface area contributed by atoms with Crippen LogP contribution in [0, 0.1) is 11.3 Å². The van der Waals surface area contributed by atoms with E-state index in [2.05, 4.69) is 32.8 Å². The summed E-state index contributed by atoms with van der Waals surface area (Å²) >= 11 is 0. The minimum absolute atomic E-state index is 0.0559. The first-order valence-corrected chi connectivity index (χ1v) is 5.56. The molecule has 2 N–H and O–H groups in total. The van der Waals surface area contributed by atoms with Crippen LogP contribution in [0.25, 0.3) is 0 Å². The third-order valence-electron chi connectivity index (χ3n) is 3.20. The van der Waals surface area contributed by atoms with Crippen LogP contribution in [0.3, 0.4) is 0 Å². The Bertz CT molecular complexity index is 309. The third kappa shape index (κ3) is 3.34. The Morgan fingerprint density at radius 3 is 2.47 bits per heavy atom. The number of hydrogen-bond donors (Lipinski definition) is 1. The van der Waals surface area contributed by atoms with E-state index in [-0.39, 0.29) is 6.04 Å². The molecule has 1 aromatic heterocycles. The van der Waals surface area contributed by atoms with E-state index in [9.17, 15) is 0 Å². The van der Waals surface area contributed by atoms with Gasteiger partial charge in [0.2, 0.25) is 0 Å². The Morgan fingerprint density at radius 2 is 2.07 bits per heavy atom. The van der Waals surface area contributed by atoms with E-state index < -0.39 is 0 Å². The summed E-state index contributed by atoms with van der Waals surface area (Å²) in [6.07, 6.45) is 2.93. The van der Waals surface area contributed by atoms with Crippen molar-refractivity contribution in [2.24, 2.45) is 24.1 Å². The van der Waals surface area contributed by atoms with Crippen molar-refractivity contribution in [3.63, 3.8) is 0 Å². The molecule has 0 saturated heterocycles. The summed E-state index contributed by atoms with van der Waals surface area (Å²) in [5, 5.41) is 4.34. The fourth-order valence-electron chi connectivity index (χ4n) is 1.49. The maximum atomic E-state index is 6.13. The molecule has 0 saturated carbocycles. The van der Waals surface area contributed by atoms with Gasteiger partial charge in [-0.15, -0.1) is 0 Å². The van der Waals surface area contributed by atoms with Crippen LogP contribution in [0.2, 0.25) is 0 Å². The van der Waals surface area contributed by atoms with Crippen molar-refractivity contribution in [1.29, 1.82) is 0 Å². The zero-order chi connectivity index (χ0) is 11.6. The fourth-order valence-corrected chi connectivity index (χ4v) is 1.49. The third-order valence-corrected chi connectivity index (χ3v) is 3.20. The van der Waals surface area contributed by atoms with E-state index in [1.165, 1.54) is 0 Å². The molecule has 0 amide bonds. The van der Waals surface area contributed by atoms with Crippen LogP contribution in [-0.4, -0.2) is 9.78 Å². The molecule has 0 aliphatic rings. The van der Waals surface area contributed by atoms with Crippen molar-refractivity contribution >= 4 is 0 Å². The molecule has 0 aliphatic heterocycles. The highest BCUT2D eigenvalue weighted by Crippen LogP contribution is 2.31. The second-order valence-electron chi connectivity index (χ2n) is 5.52. The van der Waals surface area contributed by atoms with Crippen LogP contribution >= 0.6 is 0 Å². The van der Waals surface area contributed by atoms with Gasteiger partial charge in [0.25, 0.3) is 0 Å². The van der Waals surface area contributed by atoms with E-state index in [0.29, 0.717) is 11.3 Å². The molecule has 0 aromatic carbocycles. The molecule has 86 valence electrons. The standard InChI is InChI=1S/C12H23N3/c1-9(12(2,3)4)8-10(13)11-6-7-15(5)14-11/h6-7,9-10H,8,13H2,1-5H3. The highest BCUT2D eigenvalue weighted by molar-refractivity contribution is 5.04. The average Bonchev–Trinajstić information content (AvgIpc) is 2.50. The van der Waals surface area contributed by atoms with E-state index in [0.717, 1.165) is 12.1 Å². The zero-order valence-corrected chi connectivity index (χ0v) is 10.5. The Balaban J connectivity index is 2.60. The maximum Gasteiger partial charge on any atom is 0.0791 e. The molecule has 2 atom stereocenters. The molecule has 0 aliphatic carbocycles. The van der Waals surface area contributed by atoms with Crippen molar-refractivity contribution < 1.29 is 0 Å². The molecule has 1 rings (SSSR count). The number of aromatic nitrogens is 2. The van der Waals surface area contributed by atoms with Crippen molar-refractivity contribution in [2.45, 2.75) is 40.2 Å². The van der Waals surface area contributed by atoms with Gasteiger partial charge in [0, 0.05) is 19.3 Å².